The number of aromatic amines is 1. The third-order valence-corrected chi connectivity index (χ3v) is 3.08. The molecule has 2 rings (SSSR count). The standard InChI is InChI=1S/C11H19N3O/c1-8-5-12-11(13-8)10-4-9(7-15-3)6-14(10)2/h5,9-10H,4,6-7H2,1-3H3,(H,12,13). The number of hydrogen-bond acceptors (Lipinski definition) is 3. The van der Waals surface area contributed by atoms with E-state index in [1.807, 2.05) is 13.1 Å². The number of ether oxygens (including phenoxy) is 1. The van der Waals surface area contributed by atoms with Crippen LogP contribution in [0.4, 0.5) is 0 Å². The highest BCUT2D eigenvalue weighted by molar-refractivity contribution is 5.05. The molecule has 0 aliphatic carbocycles. The fourth-order valence-corrected chi connectivity index (χ4v) is 2.38. The Morgan fingerprint density at radius 1 is 1.67 bits per heavy atom. The largest absolute Gasteiger partial charge is 0.384 e. The highest BCUT2D eigenvalue weighted by atomic mass is 16.5. The Morgan fingerprint density at radius 3 is 3.07 bits per heavy atom. The van der Waals surface area contributed by atoms with Crippen LogP contribution in [0.5, 0.6) is 0 Å². The fraction of sp³-hybridized carbons (Fsp3) is 0.727. The molecule has 0 radical (unpaired) electrons. The van der Waals surface area contributed by atoms with Crippen LogP contribution in [0.15, 0.2) is 6.20 Å². The quantitative estimate of drug-likeness (QED) is 0.817. The molecule has 1 aliphatic heterocycles. The Bertz CT molecular complexity index is 323. The normalized spacial score (nSPS) is 27.4. The van der Waals surface area contributed by atoms with Gasteiger partial charge in [0.2, 0.25) is 0 Å². The number of likely N-dealkylation sites (tertiary alicyclic amines) is 1. The summed E-state index contributed by atoms with van der Waals surface area (Å²) in [4.78, 5) is 10.1. The van der Waals surface area contributed by atoms with Crippen molar-refractivity contribution in [2.24, 2.45) is 5.92 Å². The number of H-pyrrole nitrogens is 1. The van der Waals surface area contributed by atoms with Crippen LogP contribution in [0.25, 0.3) is 0 Å². The Kier molecular flexibility index (Phi) is 3.07. The van der Waals surface area contributed by atoms with E-state index < -0.39 is 0 Å². The SMILES string of the molecule is COCC1CC(c2ncc(C)[nH]2)N(C)C1. The molecule has 0 saturated carbocycles. The van der Waals surface area contributed by atoms with Gasteiger partial charge in [0.1, 0.15) is 5.82 Å². The van der Waals surface area contributed by atoms with Crippen molar-refractivity contribution in [3.05, 3.63) is 17.7 Å². The number of imidazole rings is 1. The molecule has 2 heterocycles. The number of rotatable bonds is 3. The van der Waals surface area contributed by atoms with Crippen LogP contribution in [0.1, 0.15) is 24.0 Å². The number of aryl methyl sites for hydroxylation is 1. The van der Waals surface area contributed by atoms with Gasteiger partial charge in [-0.05, 0) is 26.3 Å². The summed E-state index contributed by atoms with van der Waals surface area (Å²) >= 11 is 0. The zero-order chi connectivity index (χ0) is 10.8. The Hall–Kier alpha value is -0.870. The van der Waals surface area contributed by atoms with E-state index in [9.17, 15) is 0 Å². The van der Waals surface area contributed by atoms with Gasteiger partial charge in [0.15, 0.2) is 0 Å². The van der Waals surface area contributed by atoms with Crippen molar-refractivity contribution in [2.45, 2.75) is 19.4 Å². The maximum atomic E-state index is 5.21. The molecule has 1 aromatic heterocycles. The maximum absolute atomic E-state index is 5.21. The van der Waals surface area contributed by atoms with Gasteiger partial charge in [0.05, 0.1) is 12.6 Å². The molecular weight excluding hydrogens is 190 g/mol. The molecule has 84 valence electrons. The summed E-state index contributed by atoms with van der Waals surface area (Å²) in [6.45, 7) is 3.98. The molecule has 0 aromatic carbocycles. The van der Waals surface area contributed by atoms with Crippen molar-refractivity contribution in [3.63, 3.8) is 0 Å². The summed E-state index contributed by atoms with van der Waals surface area (Å²) in [7, 11) is 3.92. The van der Waals surface area contributed by atoms with Gasteiger partial charge < -0.3 is 9.72 Å². The van der Waals surface area contributed by atoms with Gasteiger partial charge in [-0.15, -0.1) is 0 Å². The smallest absolute Gasteiger partial charge is 0.123 e. The van der Waals surface area contributed by atoms with Crippen LogP contribution < -0.4 is 0 Å². The molecule has 4 heteroatoms. The summed E-state index contributed by atoms with van der Waals surface area (Å²) in [5.74, 6) is 1.73. The van der Waals surface area contributed by atoms with Crippen LogP contribution in [0.2, 0.25) is 0 Å². The minimum atomic E-state index is 0.429. The monoisotopic (exact) mass is 209 g/mol. The molecule has 1 saturated heterocycles. The molecule has 2 atom stereocenters. The highest BCUT2D eigenvalue weighted by Gasteiger charge is 2.31. The van der Waals surface area contributed by atoms with Crippen LogP contribution in [-0.4, -0.2) is 42.2 Å². The van der Waals surface area contributed by atoms with Crippen molar-refractivity contribution < 1.29 is 4.74 Å². The molecule has 0 spiro atoms. The molecule has 1 aromatic rings. The zero-order valence-corrected chi connectivity index (χ0v) is 9.66. The number of nitrogens with one attached hydrogen (secondary N) is 1. The number of aromatic nitrogens is 2. The lowest BCUT2D eigenvalue weighted by atomic mass is 10.1. The lowest BCUT2D eigenvalue weighted by Crippen LogP contribution is -2.19. The van der Waals surface area contributed by atoms with Gasteiger partial charge in [0.25, 0.3) is 0 Å². The van der Waals surface area contributed by atoms with E-state index in [0.29, 0.717) is 12.0 Å². The second-order valence-corrected chi connectivity index (χ2v) is 4.46. The number of methoxy groups -OCH3 is 1. The first kappa shape index (κ1) is 10.6. The lowest BCUT2D eigenvalue weighted by Gasteiger charge is -2.16. The average Bonchev–Trinajstić information content (AvgIpc) is 2.73. The molecule has 1 N–H and O–H groups in total. The Balaban J connectivity index is 2.04. The van der Waals surface area contributed by atoms with Crippen molar-refractivity contribution in [1.29, 1.82) is 0 Å². The third kappa shape index (κ3) is 2.21. The van der Waals surface area contributed by atoms with Gasteiger partial charge in [0, 0.05) is 25.5 Å². The Morgan fingerprint density at radius 2 is 2.47 bits per heavy atom. The summed E-state index contributed by atoms with van der Waals surface area (Å²) in [5, 5.41) is 0. The van der Waals surface area contributed by atoms with E-state index in [0.717, 1.165) is 31.1 Å². The van der Waals surface area contributed by atoms with Gasteiger partial charge >= 0.3 is 0 Å². The summed E-state index contributed by atoms with van der Waals surface area (Å²) in [6.07, 6.45) is 3.03. The van der Waals surface area contributed by atoms with Gasteiger partial charge in [-0.1, -0.05) is 0 Å². The van der Waals surface area contributed by atoms with E-state index in [4.69, 9.17) is 4.74 Å². The maximum Gasteiger partial charge on any atom is 0.123 e. The Labute approximate surface area is 90.6 Å². The minimum Gasteiger partial charge on any atom is -0.384 e. The fourth-order valence-electron chi connectivity index (χ4n) is 2.38. The van der Waals surface area contributed by atoms with E-state index in [1.54, 1.807) is 7.11 Å². The van der Waals surface area contributed by atoms with E-state index in [1.165, 1.54) is 0 Å². The van der Waals surface area contributed by atoms with Crippen LogP contribution in [0.3, 0.4) is 0 Å². The molecule has 1 aliphatic rings. The zero-order valence-electron chi connectivity index (χ0n) is 9.66. The van der Waals surface area contributed by atoms with Crippen molar-refractivity contribution >= 4 is 0 Å². The van der Waals surface area contributed by atoms with Crippen LogP contribution in [0, 0.1) is 12.8 Å². The van der Waals surface area contributed by atoms with E-state index in [2.05, 4.69) is 21.9 Å². The third-order valence-electron chi connectivity index (χ3n) is 3.08. The average molecular weight is 209 g/mol. The van der Waals surface area contributed by atoms with Crippen LogP contribution >= 0.6 is 0 Å². The molecule has 0 amide bonds. The minimum absolute atomic E-state index is 0.429. The van der Waals surface area contributed by atoms with Crippen molar-refractivity contribution in [2.75, 3.05) is 27.3 Å². The second kappa shape index (κ2) is 4.33. The molecule has 0 bridgehead atoms. The first-order valence-corrected chi connectivity index (χ1v) is 5.41. The predicted molar refractivity (Wildman–Crippen MR) is 58.7 cm³/mol. The second-order valence-electron chi connectivity index (χ2n) is 4.46. The van der Waals surface area contributed by atoms with E-state index >= 15 is 0 Å². The molecule has 2 unspecified atom stereocenters. The predicted octanol–water partition coefficient (Wildman–Crippen LogP) is 1.36. The number of nitrogens with zero attached hydrogens (tertiary/aromatic N) is 2. The summed E-state index contributed by atoms with van der Waals surface area (Å²) in [5.41, 5.74) is 1.13. The highest BCUT2D eigenvalue weighted by Crippen LogP contribution is 2.32. The van der Waals surface area contributed by atoms with Gasteiger partial charge in [-0.3, -0.25) is 4.90 Å². The topological polar surface area (TPSA) is 41.1 Å². The molecular formula is C11H19N3O. The first-order chi connectivity index (χ1) is 7.20. The first-order valence-electron chi connectivity index (χ1n) is 5.41. The van der Waals surface area contributed by atoms with Crippen molar-refractivity contribution in [1.82, 2.24) is 14.9 Å². The molecule has 15 heavy (non-hydrogen) atoms. The molecule has 1 fully saturated rings. The number of hydrogen-bond donors (Lipinski definition) is 1. The summed E-state index contributed by atoms with van der Waals surface area (Å²) < 4.78 is 5.21. The van der Waals surface area contributed by atoms with Crippen LogP contribution in [-0.2, 0) is 4.74 Å². The molecule has 4 nitrogen and oxygen atoms in total. The van der Waals surface area contributed by atoms with E-state index in [-0.39, 0.29) is 0 Å². The lowest BCUT2D eigenvalue weighted by molar-refractivity contribution is 0.155. The van der Waals surface area contributed by atoms with Gasteiger partial charge in [-0.2, -0.15) is 0 Å². The summed E-state index contributed by atoms with van der Waals surface area (Å²) in [6, 6.07) is 0.429. The van der Waals surface area contributed by atoms with Crippen molar-refractivity contribution in [3.8, 4) is 0 Å². The van der Waals surface area contributed by atoms with Gasteiger partial charge in [-0.25, -0.2) is 4.98 Å².